The molecule has 0 aromatic heterocycles. The smallest absolute Gasteiger partial charge is 0.0502 e. The molecule has 0 fully saturated rings. The Kier molecular flexibility index (Phi) is 3.22. The Morgan fingerprint density at radius 2 is 1.53 bits per heavy atom. The molecule has 0 spiro atoms. The van der Waals surface area contributed by atoms with Crippen LogP contribution in [0.3, 0.4) is 0 Å². The van der Waals surface area contributed by atoms with Crippen molar-refractivity contribution in [3.05, 3.63) is 70.2 Å². The van der Waals surface area contributed by atoms with Gasteiger partial charge in [-0.2, -0.15) is 0 Å². The second-order valence-corrected chi connectivity index (χ2v) is 5.39. The minimum atomic E-state index is 0.694. The topological polar surface area (TPSA) is 0 Å². The molecule has 0 saturated carbocycles. The predicted molar refractivity (Wildman–Crippen MR) is 84.1 cm³/mol. The number of rotatable bonds is 1. The van der Waals surface area contributed by atoms with E-state index < -0.39 is 0 Å². The zero-order valence-corrected chi connectivity index (χ0v) is 12.0. The fourth-order valence-corrected chi connectivity index (χ4v) is 3.20. The first-order chi connectivity index (χ1) is 9.18. The third-order valence-electron chi connectivity index (χ3n) is 3.32. The fraction of sp³-hybridized carbons (Fsp3) is 0.0588. The maximum Gasteiger partial charge on any atom is 0.0502 e. The SMILES string of the molecule is Cc1cc(Cl)c2c(Cl)cccc2c1-c1ccccc1. The molecule has 0 amide bonds. The van der Waals surface area contributed by atoms with Gasteiger partial charge in [0.1, 0.15) is 0 Å². The van der Waals surface area contributed by atoms with Gasteiger partial charge in [-0.3, -0.25) is 0 Å². The third-order valence-corrected chi connectivity index (χ3v) is 3.93. The Bertz CT molecular complexity index is 746. The van der Waals surface area contributed by atoms with Gasteiger partial charge in [0.15, 0.2) is 0 Å². The molecular weight excluding hydrogens is 275 g/mol. The zero-order chi connectivity index (χ0) is 13.4. The maximum absolute atomic E-state index is 6.34. The Hall–Kier alpha value is -1.50. The standard InChI is InChI=1S/C17H12Cl2/c1-11-10-15(19)17-13(8-5-9-14(17)18)16(11)12-6-3-2-4-7-12/h2-10H,1H3. The number of fused-ring (bicyclic) bond motifs is 1. The van der Waals surface area contributed by atoms with Crippen molar-refractivity contribution in [2.75, 3.05) is 0 Å². The van der Waals surface area contributed by atoms with Gasteiger partial charge in [0, 0.05) is 10.4 Å². The molecule has 0 heterocycles. The number of hydrogen-bond acceptors (Lipinski definition) is 0. The highest BCUT2D eigenvalue weighted by atomic mass is 35.5. The van der Waals surface area contributed by atoms with Crippen molar-refractivity contribution in [3.8, 4) is 11.1 Å². The summed E-state index contributed by atoms with van der Waals surface area (Å²) in [6, 6.07) is 18.2. The highest BCUT2D eigenvalue weighted by molar-refractivity contribution is 6.43. The molecule has 0 bridgehead atoms. The molecular formula is C17H12Cl2. The summed E-state index contributed by atoms with van der Waals surface area (Å²) in [5.41, 5.74) is 3.54. The lowest BCUT2D eigenvalue weighted by molar-refractivity contribution is 1.49. The van der Waals surface area contributed by atoms with Crippen molar-refractivity contribution in [3.63, 3.8) is 0 Å². The van der Waals surface area contributed by atoms with Gasteiger partial charge in [0.25, 0.3) is 0 Å². The van der Waals surface area contributed by atoms with Crippen molar-refractivity contribution in [2.24, 2.45) is 0 Å². The van der Waals surface area contributed by atoms with Crippen LogP contribution >= 0.6 is 23.2 Å². The number of hydrogen-bond donors (Lipinski definition) is 0. The number of aryl methyl sites for hydroxylation is 1. The monoisotopic (exact) mass is 286 g/mol. The first-order valence-electron chi connectivity index (χ1n) is 6.11. The van der Waals surface area contributed by atoms with Gasteiger partial charge in [-0.1, -0.05) is 65.7 Å². The van der Waals surface area contributed by atoms with E-state index in [1.54, 1.807) is 0 Å². The molecule has 0 saturated heterocycles. The highest BCUT2D eigenvalue weighted by Crippen LogP contribution is 2.39. The van der Waals surface area contributed by atoms with Crippen molar-refractivity contribution in [2.45, 2.75) is 6.92 Å². The second-order valence-electron chi connectivity index (χ2n) is 4.58. The maximum atomic E-state index is 6.34. The van der Waals surface area contributed by atoms with Crippen LogP contribution in [0.5, 0.6) is 0 Å². The molecule has 2 heteroatoms. The fourth-order valence-electron chi connectivity index (χ4n) is 2.51. The summed E-state index contributed by atoms with van der Waals surface area (Å²) < 4.78 is 0. The van der Waals surface area contributed by atoms with Gasteiger partial charge in [0.2, 0.25) is 0 Å². The third kappa shape index (κ3) is 2.11. The Morgan fingerprint density at radius 3 is 2.26 bits per heavy atom. The minimum Gasteiger partial charge on any atom is -0.0836 e. The summed E-state index contributed by atoms with van der Waals surface area (Å²) in [5.74, 6) is 0. The summed E-state index contributed by atoms with van der Waals surface area (Å²) in [7, 11) is 0. The van der Waals surface area contributed by atoms with Gasteiger partial charge in [-0.05, 0) is 41.1 Å². The average Bonchev–Trinajstić information content (AvgIpc) is 2.39. The molecule has 3 rings (SSSR count). The normalized spacial score (nSPS) is 10.9. The Labute approximate surface area is 122 Å². The van der Waals surface area contributed by atoms with E-state index in [0.717, 1.165) is 16.3 Å². The lowest BCUT2D eigenvalue weighted by Gasteiger charge is -2.13. The molecule has 19 heavy (non-hydrogen) atoms. The van der Waals surface area contributed by atoms with Gasteiger partial charge < -0.3 is 0 Å². The van der Waals surface area contributed by atoms with E-state index in [-0.39, 0.29) is 0 Å². The second kappa shape index (κ2) is 4.88. The Balaban J connectivity index is 2.46. The van der Waals surface area contributed by atoms with E-state index >= 15 is 0 Å². The molecule has 0 N–H and O–H groups in total. The van der Waals surface area contributed by atoms with Gasteiger partial charge in [0.05, 0.1) is 5.02 Å². The van der Waals surface area contributed by atoms with E-state index in [2.05, 4.69) is 25.1 Å². The molecule has 0 aliphatic heterocycles. The number of halogens is 2. The van der Waals surface area contributed by atoms with Crippen molar-refractivity contribution in [1.29, 1.82) is 0 Å². The zero-order valence-electron chi connectivity index (χ0n) is 10.5. The summed E-state index contributed by atoms with van der Waals surface area (Å²) in [6.45, 7) is 2.08. The largest absolute Gasteiger partial charge is 0.0836 e. The quantitative estimate of drug-likeness (QED) is 0.505. The van der Waals surface area contributed by atoms with Crippen LogP contribution < -0.4 is 0 Å². The lowest BCUT2D eigenvalue weighted by Crippen LogP contribution is -1.88. The van der Waals surface area contributed by atoms with Crippen LogP contribution in [0, 0.1) is 6.92 Å². The van der Waals surface area contributed by atoms with Crippen LogP contribution in [-0.2, 0) is 0 Å². The van der Waals surface area contributed by atoms with Crippen LogP contribution in [0.25, 0.3) is 21.9 Å². The molecule has 3 aromatic carbocycles. The molecule has 0 unspecified atom stereocenters. The molecule has 0 aliphatic carbocycles. The minimum absolute atomic E-state index is 0.694. The van der Waals surface area contributed by atoms with Crippen molar-refractivity contribution in [1.82, 2.24) is 0 Å². The predicted octanol–water partition coefficient (Wildman–Crippen LogP) is 6.12. The van der Waals surface area contributed by atoms with Crippen LogP contribution in [0.2, 0.25) is 10.0 Å². The summed E-state index contributed by atoms with van der Waals surface area (Å²) >= 11 is 12.6. The van der Waals surface area contributed by atoms with E-state index in [1.165, 1.54) is 11.1 Å². The van der Waals surface area contributed by atoms with Crippen molar-refractivity contribution >= 4 is 34.0 Å². The lowest BCUT2D eigenvalue weighted by atomic mass is 9.94. The van der Waals surface area contributed by atoms with E-state index in [0.29, 0.717) is 10.0 Å². The molecule has 0 aliphatic rings. The summed E-state index contributed by atoms with van der Waals surface area (Å²) in [4.78, 5) is 0. The summed E-state index contributed by atoms with van der Waals surface area (Å²) in [6.07, 6.45) is 0. The first kappa shape index (κ1) is 12.5. The van der Waals surface area contributed by atoms with Gasteiger partial charge in [-0.15, -0.1) is 0 Å². The van der Waals surface area contributed by atoms with Crippen molar-refractivity contribution < 1.29 is 0 Å². The van der Waals surface area contributed by atoms with Crippen LogP contribution in [-0.4, -0.2) is 0 Å². The van der Waals surface area contributed by atoms with Gasteiger partial charge in [-0.25, -0.2) is 0 Å². The molecule has 0 atom stereocenters. The Morgan fingerprint density at radius 1 is 0.789 bits per heavy atom. The average molecular weight is 287 g/mol. The molecule has 94 valence electrons. The van der Waals surface area contributed by atoms with Gasteiger partial charge >= 0.3 is 0 Å². The van der Waals surface area contributed by atoms with Crippen LogP contribution in [0.15, 0.2) is 54.6 Å². The molecule has 0 radical (unpaired) electrons. The van der Waals surface area contributed by atoms with E-state index in [1.807, 2.05) is 36.4 Å². The van der Waals surface area contributed by atoms with E-state index in [9.17, 15) is 0 Å². The van der Waals surface area contributed by atoms with E-state index in [4.69, 9.17) is 23.2 Å². The van der Waals surface area contributed by atoms with Crippen LogP contribution in [0.4, 0.5) is 0 Å². The molecule has 0 nitrogen and oxygen atoms in total. The first-order valence-corrected chi connectivity index (χ1v) is 6.87. The number of benzene rings is 3. The summed E-state index contributed by atoms with van der Waals surface area (Å²) in [5, 5.41) is 3.43. The van der Waals surface area contributed by atoms with Crippen LogP contribution in [0.1, 0.15) is 5.56 Å². The molecule has 3 aromatic rings. The highest BCUT2D eigenvalue weighted by Gasteiger charge is 2.12.